The molecular formula is C22H29ClN4O3. The Balaban J connectivity index is 1.55. The Kier molecular flexibility index (Phi) is 5.47. The molecule has 1 aliphatic carbocycles. The third-order valence-corrected chi connectivity index (χ3v) is 7.62. The molecule has 8 heteroatoms. The van der Waals surface area contributed by atoms with E-state index in [4.69, 9.17) is 16.3 Å². The van der Waals surface area contributed by atoms with Gasteiger partial charge in [0.15, 0.2) is 0 Å². The fourth-order valence-corrected chi connectivity index (χ4v) is 6.25. The Bertz CT molecular complexity index is 830. The number of imide groups is 1. The molecule has 5 rings (SSSR count). The number of carbonyl (C=O) groups is 2. The highest BCUT2D eigenvalue weighted by atomic mass is 35.5. The lowest BCUT2D eigenvalue weighted by Crippen LogP contribution is -2.74. The second-order valence-electron chi connectivity index (χ2n) is 8.89. The molecule has 7 nitrogen and oxygen atoms in total. The normalized spacial score (nSPS) is 36.6. The van der Waals surface area contributed by atoms with Crippen molar-refractivity contribution >= 4 is 29.2 Å². The molecule has 30 heavy (non-hydrogen) atoms. The van der Waals surface area contributed by atoms with Crippen molar-refractivity contribution in [3.63, 3.8) is 0 Å². The Morgan fingerprint density at radius 1 is 1.17 bits per heavy atom. The molecule has 3 amide bonds. The van der Waals surface area contributed by atoms with Gasteiger partial charge in [0.1, 0.15) is 0 Å². The monoisotopic (exact) mass is 432 g/mol. The second kappa shape index (κ2) is 8.11. The number of nitrogens with one attached hydrogen (secondary N) is 2. The molecule has 0 bridgehead atoms. The number of methoxy groups -OCH3 is 1. The van der Waals surface area contributed by atoms with E-state index in [2.05, 4.69) is 10.6 Å². The van der Waals surface area contributed by atoms with Gasteiger partial charge in [0.25, 0.3) is 0 Å². The van der Waals surface area contributed by atoms with Gasteiger partial charge in [-0.1, -0.05) is 24.1 Å². The van der Waals surface area contributed by atoms with Crippen molar-refractivity contribution < 1.29 is 14.3 Å². The second-order valence-corrected chi connectivity index (χ2v) is 9.33. The standard InChI is InChI=1S/C22H29ClN4O3/c1-30-18-7-3-6-16-19(18)25-12-17-20(16)26(15-8-9-24-11-15)22(29)27(21(17)28)14-5-2-4-13(23)10-14/h2,4-5,10,15-20,24-25H,3,6-9,11-12H2,1H3/t15-,16?,17?,18?,19?,20?/m1/s1. The zero-order valence-electron chi connectivity index (χ0n) is 17.2. The van der Waals surface area contributed by atoms with E-state index in [1.807, 2.05) is 4.90 Å². The molecule has 4 fully saturated rings. The molecule has 1 aromatic carbocycles. The van der Waals surface area contributed by atoms with Gasteiger partial charge >= 0.3 is 6.03 Å². The van der Waals surface area contributed by atoms with Crippen molar-refractivity contribution in [2.75, 3.05) is 31.6 Å². The highest BCUT2D eigenvalue weighted by Crippen LogP contribution is 2.42. The Labute approximate surface area is 182 Å². The number of benzene rings is 1. The van der Waals surface area contributed by atoms with Crippen LogP contribution in [0.3, 0.4) is 0 Å². The minimum Gasteiger partial charge on any atom is -0.380 e. The molecule has 0 radical (unpaired) electrons. The molecule has 3 heterocycles. The number of urea groups is 1. The van der Waals surface area contributed by atoms with Crippen molar-refractivity contribution in [2.24, 2.45) is 11.8 Å². The number of nitrogens with zero attached hydrogens (tertiary/aromatic N) is 2. The number of hydrogen-bond acceptors (Lipinski definition) is 5. The molecule has 0 spiro atoms. The summed E-state index contributed by atoms with van der Waals surface area (Å²) in [5, 5.41) is 7.52. The van der Waals surface area contributed by atoms with Gasteiger partial charge in [-0.2, -0.15) is 0 Å². The zero-order chi connectivity index (χ0) is 20.8. The van der Waals surface area contributed by atoms with Gasteiger partial charge in [0, 0.05) is 37.3 Å². The van der Waals surface area contributed by atoms with Gasteiger partial charge in [-0.3, -0.25) is 4.79 Å². The van der Waals surface area contributed by atoms with Crippen LogP contribution in [-0.2, 0) is 9.53 Å². The van der Waals surface area contributed by atoms with Gasteiger partial charge in [0.2, 0.25) is 5.91 Å². The quantitative estimate of drug-likeness (QED) is 0.766. The van der Waals surface area contributed by atoms with Crippen LogP contribution in [0.2, 0.25) is 5.02 Å². The first-order chi connectivity index (χ1) is 14.6. The lowest BCUT2D eigenvalue weighted by Gasteiger charge is -2.56. The molecule has 2 N–H and O–H groups in total. The average molecular weight is 433 g/mol. The Morgan fingerprint density at radius 3 is 2.77 bits per heavy atom. The topological polar surface area (TPSA) is 73.9 Å². The van der Waals surface area contributed by atoms with Gasteiger partial charge in [-0.15, -0.1) is 0 Å². The van der Waals surface area contributed by atoms with Crippen molar-refractivity contribution in [1.29, 1.82) is 0 Å². The number of fused-ring (bicyclic) bond motifs is 3. The van der Waals surface area contributed by atoms with Crippen molar-refractivity contribution in [3.05, 3.63) is 29.3 Å². The lowest BCUT2D eigenvalue weighted by molar-refractivity contribution is -0.131. The Hall–Kier alpha value is -1.67. The summed E-state index contributed by atoms with van der Waals surface area (Å²) in [5.74, 6) is -0.170. The van der Waals surface area contributed by atoms with Crippen molar-refractivity contribution in [3.8, 4) is 0 Å². The first-order valence-electron chi connectivity index (χ1n) is 11.0. The van der Waals surface area contributed by atoms with E-state index in [1.165, 1.54) is 4.90 Å². The number of halogens is 1. The minimum absolute atomic E-state index is 0.0884. The Morgan fingerprint density at radius 2 is 2.03 bits per heavy atom. The first kappa shape index (κ1) is 20.2. The molecule has 3 aliphatic heterocycles. The summed E-state index contributed by atoms with van der Waals surface area (Å²) in [7, 11) is 1.76. The number of hydrogen-bond donors (Lipinski definition) is 2. The molecule has 5 unspecified atom stereocenters. The summed E-state index contributed by atoms with van der Waals surface area (Å²) in [6.45, 7) is 2.22. The van der Waals surface area contributed by atoms with E-state index >= 15 is 0 Å². The highest BCUT2D eigenvalue weighted by molar-refractivity contribution is 6.31. The molecule has 1 aromatic rings. The largest absolute Gasteiger partial charge is 0.380 e. The van der Waals surface area contributed by atoms with E-state index in [-0.39, 0.29) is 48.0 Å². The van der Waals surface area contributed by atoms with E-state index in [0.29, 0.717) is 17.3 Å². The maximum atomic E-state index is 13.8. The van der Waals surface area contributed by atoms with Gasteiger partial charge < -0.3 is 20.3 Å². The van der Waals surface area contributed by atoms with E-state index in [1.54, 1.807) is 31.4 Å². The van der Waals surface area contributed by atoms with E-state index in [0.717, 1.165) is 38.8 Å². The molecule has 4 aliphatic rings. The highest BCUT2D eigenvalue weighted by Gasteiger charge is 2.56. The molecule has 3 saturated heterocycles. The summed E-state index contributed by atoms with van der Waals surface area (Å²) in [4.78, 5) is 30.8. The van der Waals surface area contributed by atoms with Crippen molar-refractivity contribution in [2.45, 2.75) is 49.9 Å². The number of rotatable bonds is 3. The van der Waals surface area contributed by atoms with Crippen LogP contribution in [0.1, 0.15) is 25.7 Å². The fraction of sp³-hybridized carbons (Fsp3) is 0.636. The van der Waals surface area contributed by atoms with Crippen LogP contribution in [0.25, 0.3) is 0 Å². The molecule has 0 aromatic heterocycles. The average Bonchev–Trinajstić information content (AvgIpc) is 3.27. The molecular weight excluding hydrogens is 404 g/mol. The predicted molar refractivity (Wildman–Crippen MR) is 115 cm³/mol. The summed E-state index contributed by atoms with van der Waals surface area (Å²) in [6, 6.07) is 7.00. The predicted octanol–water partition coefficient (Wildman–Crippen LogP) is 2.24. The van der Waals surface area contributed by atoms with Crippen LogP contribution < -0.4 is 15.5 Å². The van der Waals surface area contributed by atoms with Crippen LogP contribution >= 0.6 is 11.6 Å². The maximum absolute atomic E-state index is 13.8. The van der Waals surface area contributed by atoms with Crippen LogP contribution in [0, 0.1) is 11.8 Å². The summed E-state index contributed by atoms with van der Waals surface area (Å²) in [5.41, 5.74) is 0.549. The number of anilines is 1. The van der Waals surface area contributed by atoms with Gasteiger partial charge in [0.05, 0.1) is 23.8 Å². The third-order valence-electron chi connectivity index (χ3n) is 7.38. The van der Waals surface area contributed by atoms with Crippen LogP contribution in [0.4, 0.5) is 10.5 Å². The van der Waals surface area contributed by atoms with E-state index in [9.17, 15) is 9.59 Å². The summed E-state index contributed by atoms with van der Waals surface area (Å²) >= 11 is 6.18. The summed E-state index contributed by atoms with van der Waals surface area (Å²) < 4.78 is 5.77. The van der Waals surface area contributed by atoms with Gasteiger partial charge in [-0.25, -0.2) is 9.69 Å². The van der Waals surface area contributed by atoms with Crippen LogP contribution in [0.5, 0.6) is 0 Å². The maximum Gasteiger partial charge on any atom is 0.331 e. The number of piperidine rings is 1. The zero-order valence-corrected chi connectivity index (χ0v) is 18.0. The van der Waals surface area contributed by atoms with Crippen LogP contribution in [0.15, 0.2) is 24.3 Å². The van der Waals surface area contributed by atoms with E-state index < -0.39 is 0 Å². The molecule has 1 saturated carbocycles. The number of carbonyl (C=O) groups excluding carboxylic acids is 2. The molecule has 162 valence electrons. The van der Waals surface area contributed by atoms with Crippen LogP contribution in [-0.4, -0.2) is 67.8 Å². The third kappa shape index (κ3) is 3.23. The number of amides is 3. The first-order valence-corrected chi connectivity index (χ1v) is 11.4. The SMILES string of the molecule is COC1CCCC2C1NCC1C(=O)N(c3cccc(Cl)c3)C(=O)N([C@@H]3CCNC3)C12. The minimum atomic E-state index is -0.265. The van der Waals surface area contributed by atoms with Gasteiger partial charge in [-0.05, 0) is 49.9 Å². The fourth-order valence-electron chi connectivity index (χ4n) is 6.07. The molecule has 6 atom stereocenters. The summed E-state index contributed by atoms with van der Waals surface area (Å²) in [6.07, 6.45) is 4.12. The number of ether oxygens (including phenoxy) is 1. The smallest absolute Gasteiger partial charge is 0.331 e. The lowest BCUT2D eigenvalue weighted by atomic mass is 9.69. The van der Waals surface area contributed by atoms with Crippen molar-refractivity contribution in [1.82, 2.24) is 15.5 Å².